The molecule has 0 fully saturated rings. The quantitative estimate of drug-likeness (QED) is 0.882. The fraction of sp³-hybridized carbons (Fsp3) is 0.385. The summed E-state index contributed by atoms with van der Waals surface area (Å²) >= 11 is 5.27. The second kappa shape index (κ2) is 6.97. The Balaban J connectivity index is 2.10. The van der Waals surface area contributed by atoms with Gasteiger partial charge in [0.2, 0.25) is 0 Å². The van der Waals surface area contributed by atoms with Crippen LogP contribution in [0.4, 0.5) is 0 Å². The number of rotatable bonds is 6. The van der Waals surface area contributed by atoms with Crippen molar-refractivity contribution in [1.82, 2.24) is 15.3 Å². The summed E-state index contributed by atoms with van der Waals surface area (Å²) in [7, 11) is 0. The zero-order chi connectivity index (χ0) is 12.8. The highest BCUT2D eigenvalue weighted by Crippen LogP contribution is 2.26. The average Bonchev–Trinajstić information content (AvgIpc) is 2.81. The lowest BCUT2D eigenvalue weighted by atomic mass is 10.1. The molecule has 1 N–H and O–H groups in total. The van der Waals surface area contributed by atoms with Crippen LogP contribution in [0.15, 0.2) is 34.5 Å². The first-order valence-corrected chi connectivity index (χ1v) is 7.64. The van der Waals surface area contributed by atoms with Gasteiger partial charge < -0.3 is 5.32 Å². The monoisotopic (exact) mass is 325 g/mol. The summed E-state index contributed by atoms with van der Waals surface area (Å²) in [5, 5.41) is 3.53. The third-order valence-corrected chi connectivity index (χ3v) is 4.26. The lowest BCUT2D eigenvalue weighted by Crippen LogP contribution is -2.24. The van der Waals surface area contributed by atoms with Gasteiger partial charge >= 0.3 is 0 Å². The first-order chi connectivity index (χ1) is 8.79. The van der Waals surface area contributed by atoms with Crippen molar-refractivity contribution in [1.29, 1.82) is 0 Å². The number of nitrogens with one attached hydrogen (secondary N) is 1. The van der Waals surface area contributed by atoms with Gasteiger partial charge in [0.15, 0.2) is 0 Å². The van der Waals surface area contributed by atoms with Crippen LogP contribution in [0, 0.1) is 0 Å². The summed E-state index contributed by atoms with van der Waals surface area (Å²) in [6, 6.07) is 4.49. The minimum atomic E-state index is 0.240. The van der Waals surface area contributed by atoms with Gasteiger partial charge in [-0.2, -0.15) is 0 Å². The Morgan fingerprint density at radius 3 is 2.89 bits per heavy atom. The first kappa shape index (κ1) is 13.6. The molecular weight excluding hydrogens is 310 g/mol. The molecule has 0 aromatic carbocycles. The summed E-state index contributed by atoms with van der Waals surface area (Å²) in [4.78, 5) is 9.90. The SMILES string of the molecule is CCCNC(Cc1ccc(Br)s1)c1cnccn1. The van der Waals surface area contributed by atoms with Crippen LogP contribution in [0.3, 0.4) is 0 Å². The van der Waals surface area contributed by atoms with Crippen molar-refractivity contribution < 1.29 is 0 Å². The summed E-state index contributed by atoms with van der Waals surface area (Å²) < 4.78 is 1.17. The number of thiophene rings is 1. The Hall–Kier alpha value is -0.780. The third kappa shape index (κ3) is 3.86. The van der Waals surface area contributed by atoms with E-state index >= 15 is 0 Å². The molecule has 0 amide bonds. The molecule has 3 nitrogen and oxygen atoms in total. The Morgan fingerprint density at radius 1 is 1.39 bits per heavy atom. The maximum Gasteiger partial charge on any atom is 0.0759 e. The van der Waals surface area contributed by atoms with Crippen molar-refractivity contribution >= 4 is 27.3 Å². The summed E-state index contributed by atoms with van der Waals surface area (Å²) in [5.41, 5.74) is 1.01. The second-order valence-corrected chi connectivity index (χ2v) is 6.59. The lowest BCUT2D eigenvalue weighted by Gasteiger charge is -2.16. The highest BCUT2D eigenvalue weighted by atomic mass is 79.9. The summed E-state index contributed by atoms with van der Waals surface area (Å²) in [5.74, 6) is 0. The smallest absolute Gasteiger partial charge is 0.0759 e. The molecule has 1 atom stereocenters. The highest BCUT2D eigenvalue weighted by Gasteiger charge is 2.14. The van der Waals surface area contributed by atoms with Gasteiger partial charge in [0.05, 0.1) is 15.5 Å². The molecule has 0 radical (unpaired) electrons. The van der Waals surface area contributed by atoms with Crippen LogP contribution < -0.4 is 5.32 Å². The van der Waals surface area contributed by atoms with E-state index in [-0.39, 0.29) is 6.04 Å². The van der Waals surface area contributed by atoms with Gasteiger partial charge in [0.25, 0.3) is 0 Å². The number of halogens is 1. The molecule has 2 aromatic heterocycles. The summed E-state index contributed by atoms with van der Waals surface area (Å²) in [6.45, 7) is 3.16. The van der Waals surface area contributed by atoms with E-state index in [1.807, 2.05) is 6.20 Å². The first-order valence-electron chi connectivity index (χ1n) is 6.03. The van der Waals surface area contributed by atoms with Gasteiger partial charge in [-0.15, -0.1) is 11.3 Å². The molecule has 96 valence electrons. The van der Waals surface area contributed by atoms with E-state index in [1.54, 1.807) is 23.7 Å². The van der Waals surface area contributed by atoms with Crippen molar-refractivity contribution in [3.8, 4) is 0 Å². The van der Waals surface area contributed by atoms with Gasteiger partial charge in [0.1, 0.15) is 0 Å². The number of hydrogen-bond donors (Lipinski definition) is 1. The molecule has 0 saturated carbocycles. The third-order valence-electron chi connectivity index (χ3n) is 2.62. The lowest BCUT2D eigenvalue weighted by molar-refractivity contribution is 0.519. The van der Waals surface area contributed by atoms with Crippen molar-refractivity contribution in [3.63, 3.8) is 0 Å². The van der Waals surface area contributed by atoms with Crippen LogP contribution >= 0.6 is 27.3 Å². The zero-order valence-electron chi connectivity index (χ0n) is 10.3. The Kier molecular flexibility index (Phi) is 5.28. The number of nitrogens with zero attached hydrogens (tertiary/aromatic N) is 2. The van der Waals surface area contributed by atoms with Crippen LogP contribution in [-0.2, 0) is 6.42 Å². The minimum Gasteiger partial charge on any atom is -0.308 e. The number of aromatic nitrogens is 2. The molecule has 2 rings (SSSR count). The van der Waals surface area contributed by atoms with Crippen molar-refractivity contribution in [2.45, 2.75) is 25.8 Å². The molecule has 0 aliphatic heterocycles. The fourth-order valence-electron chi connectivity index (χ4n) is 1.75. The van der Waals surface area contributed by atoms with Gasteiger partial charge in [-0.25, -0.2) is 0 Å². The predicted molar refractivity (Wildman–Crippen MR) is 78.8 cm³/mol. The van der Waals surface area contributed by atoms with Crippen molar-refractivity contribution in [3.05, 3.63) is 45.1 Å². The number of hydrogen-bond acceptors (Lipinski definition) is 4. The second-order valence-electron chi connectivity index (χ2n) is 4.05. The molecular formula is C13H16BrN3S. The van der Waals surface area contributed by atoms with Gasteiger partial charge in [-0.05, 0) is 41.0 Å². The molecule has 0 saturated heterocycles. The largest absolute Gasteiger partial charge is 0.308 e. The van der Waals surface area contributed by atoms with E-state index < -0.39 is 0 Å². The van der Waals surface area contributed by atoms with E-state index in [0.717, 1.165) is 25.1 Å². The van der Waals surface area contributed by atoms with Crippen LogP contribution in [0.5, 0.6) is 0 Å². The molecule has 5 heteroatoms. The highest BCUT2D eigenvalue weighted by molar-refractivity contribution is 9.11. The molecule has 2 heterocycles. The van der Waals surface area contributed by atoms with Gasteiger partial charge in [0, 0.05) is 29.9 Å². The Labute approximate surface area is 120 Å². The molecule has 2 aromatic rings. The van der Waals surface area contributed by atoms with E-state index in [1.165, 1.54) is 8.66 Å². The normalized spacial score (nSPS) is 12.6. The van der Waals surface area contributed by atoms with Crippen molar-refractivity contribution in [2.24, 2.45) is 0 Å². The van der Waals surface area contributed by atoms with E-state index in [4.69, 9.17) is 0 Å². The van der Waals surface area contributed by atoms with Crippen LogP contribution in [-0.4, -0.2) is 16.5 Å². The topological polar surface area (TPSA) is 37.8 Å². The molecule has 0 spiro atoms. The van der Waals surface area contributed by atoms with Crippen LogP contribution in [0.2, 0.25) is 0 Å². The van der Waals surface area contributed by atoms with Gasteiger partial charge in [-0.3, -0.25) is 9.97 Å². The maximum atomic E-state index is 4.40. The molecule has 0 aliphatic carbocycles. The molecule has 0 bridgehead atoms. The Morgan fingerprint density at radius 2 is 2.28 bits per heavy atom. The summed E-state index contributed by atoms with van der Waals surface area (Å²) in [6.07, 6.45) is 7.37. The van der Waals surface area contributed by atoms with E-state index in [0.29, 0.717) is 0 Å². The van der Waals surface area contributed by atoms with Gasteiger partial charge in [-0.1, -0.05) is 6.92 Å². The van der Waals surface area contributed by atoms with Crippen molar-refractivity contribution in [2.75, 3.05) is 6.54 Å². The van der Waals surface area contributed by atoms with E-state index in [9.17, 15) is 0 Å². The minimum absolute atomic E-state index is 0.240. The molecule has 18 heavy (non-hydrogen) atoms. The average molecular weight is 326 g/mol. The predicted octanol–water partition coefficient (Wildman–Crippen LogP) is 3.58. The van der Waals surface area contributed by atoms with E-state index in [2.05, 4.69) is 50.3 Å². The Bertz CT molecular complexity index is 472. The molecule has 1 unspecified atom stereocenters. The molecule has 0 aliphatic rings. The van der Waals surface area contributed by atoms with Crippen LogP contribution in [0.1, 0.15) is 30.0 Å². The van der Waals surface area contributed by atoms with Crippen LogP contribution in [0.25, 0.3) is 0 Å². The maximum absolute atomic E-state index is 4.40. The fourth-order valence-corrected chi connectivity index (χ4v) is 3.28. The zero-order valence-corrected chi connectivity index (χ0v) is 12.7. The standard InChI is InChI=1S/C13H16BrN3S/c1-2-5-16-11(12-9-15-6-7-17-12)8-10-3-4-13(14)18-10/h3-4,6-7,9,11,16H,2,5,8H2,1H3.